The number of ether oxygens (including phenoxy) is 1. The van der Waals surface area contributed by atoms with Crippen molar-refractivity contribution in [2.75, 3.05) is 13.0 Å². The molecule has 2 fully saturated rings. The molecule has 12 heteroatoms. The van der Waals surface area contributed by atoms with Gasteiger partial charge in [-0.3, -0.25) is 0 Å². The van der Waals surface area contributed by atoms with E-state index in [1.54, 1.807) is 58.3 Å². The summed E-state index contributed by atoms with van der Waals surface area (Å²) in [6.07, 6.45) is -2.19. The van der Waals surface area contributed by atoms with E-state index in [1.165, 1.54) is 0 Å². The summed E-state index contributed by atoms with van der Waals surface area (Å²) >= 11 is 0. The molecule has 2 saturated heterocycles. The Hall–Kier alpha value is -4.22. The van der Waals surface area contributed by atoms with Crippen molar-refractivity contribution in [3.8, 4) is 17.2 Å². The fourth-order valence-electron chi connectivity index (χ4n) is 6.60. The Balaban J connectivity index is 1.30. The van der Waals surface area contributed by atoms with Crippen LogP contribution in [0.15, 0.2) is 103 Å². The molecular formula is C38H45N2O9P. The molecule has 50 heavy (non-hydrogen) atoms. The average Bonchev–Trinajstić information content (AvgIpc) is 3.16. The number of rotatable bonds is 13. The Morgan fingerprint density at radius 1 is 0.680 bits per heavy atom. The SMILES string of the molecule is CCO[PH]1(COc2ccc(C[C@@H]3[C@H](O)[C@@H](O)[C@@H](Cc4ccccc4)N(Cc4ccc(O)cc4)C(=O)N3Cc3ccc(O)cc3)cc2)OC(C)O1. The third kappa shape index (κ3) is 8.38. The number of aliphatic hydroxyl groups is 2. The molecule has 4 aromatic rings. The van der Waals surface area contributed by atoms with Crippen molar-refractivity contribution in [1.82, 2.24) is 9.80 Å². The van der Waals surface area contributed by atoms with Crippen LogP contribution in [0.3, 0.4) is 0 Å². The van der Waals surface area contributed by atoms with E-state index in [-0.39, 0.29) is 49.7 Å². The van der Waals surface area contributed by atoms with Crippen molar-refractivity contribution in [2.45, 2.75) is 70.4 Å². The maximum absolute atomic E-state index is 14.8. The molecule has 4 aromatic carbocycles. The monoisotopic (exact) mass is 704 g/mol. The molecule has 2 aliphatic rings. The van der Waals surface area contributed by atoms with Gasteiger partial charge in [-0.15, -0.1) is 0 Å². The molecule has 4 N–H and O–H groups in total. The van der Waals surface area contributed by atoms with Crippen LogP contribution in [0.4, 0.5) is 4.79 Å². The number of urea groups is 1. The zero-order valence-electron chi connectivity index (χ0n) is 28.2. The third-order valence-electron chi connectivity index (χ3n) is 9.14. The summed E-state index contributed by atoms with van der Waals surface area (Å²) in [7, 11) is -2.85. The Morgan fingerprint density at radius 3 is 1.60 bits per heavy atom. The molecule has 0 bridgehead atoms. The second-order valence-corrected chi connectivity index (χ2v) is 15.1. The Bertz CT molecular complexity index is 1680. The van der Waals surface area contributed by atoms with E-state index in [0.717, 1.165) is 22.3 Å². The molecule has 0 radical (unpaired) electrons. The Labute approximate surface area is 292 Å². The van der Waals surface area contributed by atoms with E-state index < -0.39 is 32.2 Å². The van der Waals surface area contributed by atoms with Crippen LogP contribution in [-0.4, -0.2) is 79.8 Å². The summed E-state index contributed by atoms with van der Waals surface area (Å²) < 4.78 is 23.3. The number of aliphatic hydroxyl groups excluding tert-OH is 2. The summed E-state index contributed by atoms with van der Waals surface area (Å²) in [4.78, 5) is 18.0. The fourth-order valence-corrected chi connectivity index (χ4v) is 8.77. The molecule has 266 valence electrons. The first-order valence-corrected chi connectivity index (χ1v) is 18.8. The number of phenolic OH excluding ortho intramolecular Hbond substituents is 2. The quantitative estimate of drug-likeness (QED) is 0.128. The molecule has 4 atom stereocenters. The van der Waals surface area contributed by atoms with Gasteiger partial charge in [0, 0.05) is 0 Å². The van der Waals surface area contributed by atoms with E-state index in [0.29, 0.717) is 18.8 Å². The molecule has 0 aromatic heterocycles. The van der Waals surface area contributed by atoms with E-state index >= 15 is 0 Å². The van der Waals surface area contributed by atoms with Crippen LogP contribution in [0.2, 0.25) is 0 Å². The van der Waals surface area contributed by atoms with Gasteiger partial charge in [-0.2, -0.15) is 0 Å². The number of amides is 2. The van der Waals surface area contributed by atoms with Crippen molar-refractivity contribution in [2.24, 2.45) is 0 Å². The predicted octanol–water partition coefficient (Wildman–Crippen LogP) is 5.74. The van der Waals surface area contributed by atoms with Gasteiger partial charge in [-0.05, 0) is 35.4 Å². The zero-order valence-corrected chi connectivity index (χ0v) is 29.2. The van der Waals surface area contributed by atoms with Gasteiger partial charge in [-0.25, -0.2) is 0 Å². The van der Waals surface area contributed by atoms with Crippen LogP contribution < -0.4 is 4.74 Å². The van der Waals surface area contributed by atoms with Crippen LogP contribution in [0.5, 0.6) is 17.2 Å². The number of hydrogen-bond donors (Lipinski definition) is 4. The van der Waals surface area contributed by atoms with Crippen molar-refractivity contribution in [3.05, 3.63) is 125 Å². The molecule has 0 aliphatic carbocycles. The first-order chi connectivity index (χ1) is 24.1. The van der Waals surface area contributed by atoms with Crippen molar-refractivity contribution in [3.63, 3.8) is 0 Å². The van der Waals surface area contributed by atoms with Gasteiger partial charge in [-0.1, -0.05) is 42.5 Å². The number of aromatic hydroxyl groups is 2. The van der Waals surface area contributed by atoms with Crippen LogP contribution >= 0.6 is 7.94 Å². The molecule has 11 nitrogen and oxygen atoms in total. The van der Waals surface area contributed by atoms with E-state index in [4.69, 9.17) is 18.3 Å². The zero-order chi connectivity index (χ0) is 35.3. The van der Waals surface area contributed by atoms with Crippen molar-refractivity contribution < 1.29 is 43.5 Å². The van der Waals surface area contributed by atoms with E-state index in [1.807, 2.05) is 68.4 Å². The average molecular weight is 705 g/mol. The van der Waals surface area contributed by atoms with Gasteiger partial charge in [0.05, 0.1) is 0 Å². The minimum absolute atomic E-state index is 0.0990. The van der Waals surface area contributed by atoms with E-state index in [9.17, 15) is 25.2 Å². The standard InChI is InChI=1S/C38H45N2O9P/c1-3-47-50(48-26(2)49-50)25-46-33-19-13-28(14-20-33)22-35-37(44)36(43)34(21-27-7-5-4-6-8-27)39(23-29-9-15-31(41)16-10-29)38(45)40(35)24-30-11-17-32(42)18-12-30/h4-20,26,34-37,41-44,50H,3,21-25H2,1-2H3/t34-,35-,36+,37+/m1/s1. The van der Waals surface area contributed by atoms with Gasteiger partial charge in [0.15, 0.2) is 0 Å². The molecule has 0 unspecified atom stereocenters. The number of carbonyl (C=O) groups excluding carboxylic acids is 1. The maximum atomic E-state index is 14.8. The number of hydrogen-bond acceptors (Lipinski definition) is 9. The van der Waals surface area contributed by atoms with Gasteiger partial charge in [0.25, 0.3) is 0 Å². The Morgan fingerprint density at radius 2 is 1.14 bits per heavy atom. The van der Waals surface area contributed by atoms with Crippen molar-refractivity contribution >= 4 is 14.0 Å². The Kier molecular flexibility index (Phi) is 11.2. The first-order valence-electron chi connectivity index (χ1n) is 16.9. The molecule has 6 rings (SSSR count). The second kappa shape index (κ2) is 15.8. The third-order valence-corrected chi connectivity index (χ3v) is 11.7. The predicted molar refractivity (Wildman–Crippen MR) is 190 cm³/mol. The van der Waals surface area contributed by atoms with Crippen LogP contribution in [0.1, 0.15) is 36.1 Å². The van der Waals surface area contributed by atoms with Gasteiger partial charge in [0.2, 0.25) is 0 Å². The molecular weight excluding hydrogens is 659 g/mol. The fraction of sp³-hybridized carbons (Fsp3) is 0.342. The summed E-state index contributed by atoms with van der Waals surface area (Å²) in [6.45, 7) is 4.41. The van der Waals surface area contributed by atoms with Crippen LogP contribution in [0, 0.1) is 0 Å². The minimum atomic E-state index is -2.85. The van der Waals surface area contributed by atoms with E-state index in [2.05, 4.69) is 0 Å². The normalized spacial score (nSPS) is 23.9. The summed E-state index contributed by atoms with van der Waals surface area (Å²) in [5.41, 5.74) is 3.24. The molecule has 2 heterocycles. The molecule has 0 saturated carbocycles. The summed E-state index contributed by atoms with van der Waals surface area (Å²) in [6, 6.07) is 28.2. The topological polar surface area (TPSA) is 141 Å². The molecule has 2 aliphatic heterocycles. The number of carbonyl (C=O) groups is 1. The summed E-state index contributed by atoms with van der Waals surface area (Å²) in [5.74, 6) is 0.795. The summed E-state index contributed by atoms with van der Waals surface area (Å²) in [5, 5.41) is 43.8. The number of benzene rings is 4. The first kappa shape index (κ1) is 35.6. The number of nitrogens with zero attached hydrogens (tertiary/aromatic N) is 2. The molecule has 2 amide bonds. The second-order valence-electron chi connectivity index (χ2n) is 12.7. The van der Waals surface area contributed by atoms with Gasteiger partial charge in [0.1, 0.15) is 11.5 Å². The van der Waals surface area contributed by atoms with Gasteiger partial charge < -0.3 is 10.2 Å². The van der Waals surface area contributed by atoms with Crippen molar-refractivity contribution in [1.29, 1.82) is 0 Å². The van der Waals surface area contributed by atoms with Crippen LogP contribution in [-0.2, 0) is 39.5 Å². The van der Waals surface area contributed by atoms with Gasteiger partial charge >= 0.3 is 194 Å². The van der Waals surface area contributed by atoms with Crippen LogP contribution in [0.25, 0.3) is 0 Å². The molecule has 0 spiro atoms. The number of phenols is 2.